The van der Waals surface area contributed by atoms with E-state index in [4.69, 9.17) is 4.42 Å². The van der Waals surface area contributed by atoms with Crippen LogP contribution in [0.1, 0.15) is 6.42 Å². The zero-order chi connectivity index (χ0) is 13.6. The highest BCUT2D eigenvalue weighted by molar-refractivity contribution is 7.93. The lowest BCUT2D eigenvalue weighted by molar-refractivity contribution is 0.409. The Kier molecular flexibility index (Phi) is 2.72. The fourth-order valence-electron chi connectivity index (χ4n) is 2.01. The fraction of sp³-hybridized carbons (Fsp3) is 0.273. The number of aromatic hydroxyl groups is 2. The molecule has 1 aliphatic heterocycles. The van der Waals surface area contributed by atoms with E-state index >= 15 is 0 Å². The summed E-state index contributed by atoms with van der Waals surface area (Å²) in [5.74, 6) is -1.07. The minimum atomic E-state index is -3.46. The van der Waals surface area contributed by atoms with Gasteiger partial charge in [-0.3, -0.25) is 0 Å². The van der Waals surface area contributed by atoms with Gasteiger partial charge in [0.25, 0.3) is 5.88 Å². The molecule has 1 aliphatic rings. The van der Waals surface area contributed by atoms with Gasteiger partial charge in [0.1, 0.15) is 0 Å². The van der Waals surface area contributed by atoms with Crippen LogP contribution in [0.5, 0.6) is 11.5 Å². The summed E-state index contributed by atoms with van der Waals surface area (Å²) in [6.45, 7) is 0.243. The van der Waals surface area contributed by atoms with Gasteiger partial charge in [-0.25, -0.2) is 12.7 Å². The normalized spacial score (nSPS) is 18.0. The lowest BCUT2D eigenvalue weighted by atomic mass is 10.3. The van der Waals surface area contributed by atoms with Gasteiger partial charge in [0.2, 0.25) is 21.5 Å². The van der Waals surface area contributed by atoms with Crippen molar-refractivity contribution >= 4 is 27.2 Å². The van der Waals surface area contributed by atoms with E-state index in [2.05, 4.69) is 0 Å². The Hall–Kier alpha value is -1.67. The molecule has 0 spiro atoms. The summed E-state index contributed by atoms with van der Waals surface area (Å²) in [5, 5.41) is 21.5. The van der Waals surface area contributed by atoms with Crippen LogP contribution in [-0.4, -0.2) is 30.9 Å². The molecule has 0 atom stereocenters. The van der Waals surface area contributed by atoms with Gasteiger partial charge in [-0.05, 0) is 17.9 Å². The summed E-state index contributed by atoms with van der Waals surface area (Å²) in [5.41, 5.74) is 0. The number of sulfonamides is 1. The van der Waals surface area contributed by atoms with Crippen LogP contribution in [0.4, 0.5) is 5.88 Å². The van der Waals surface area contributed by atoms with E-state index in [1.54, 1.807) is 17.5 Å². The van der Waals surface area contributed by atoms with Crippen molar-refractivity contribution in [2.24, 2.45) is 0 Å². The van der Waals surface area contributed by atoms with E-state index in [1.165, 1.54) is 11.3 Å². The fourth-order valence-corrected chi connectivity index (χ4v) is 4.22. The summed E-state index contributed by atoms with van der Waals surface area (Å²) < 4.78 is 30.0. The molecule has 2 aromatic rings. The molecular formula is C11H11NO5S2. The second-order valence-corrected chi connectivity index (χ2v) is 7.11. The van der Waals surface area contributed by atoms with E-state index in [9.17, 15) is 18.6 Å². The van der Waals surface area contributed by atoms with Crippen molar-refractivity contribution in [2.45, 2.75) is 6.42 Å². The van der Waals surface area contributed by atoms with Crippen LogP contribution < -0.4 is 4.31 Å². The third-order valence-corrected chi connectivity index (χ3v) is 5.60. The van der Waals surface area contributed by atoms with Gasteiger partial charge in [0.15, 0.2) is 5.76 Å². The van der Waals surface area contributed by atoms with Crippen LogP contribution in [0.15, 0.2) is 21.9 Å². The van der Waals surface area contributed by atoms with E-state index < -0.39 is 21.5 Å². The number of hydrogen-bond donors (Lipinski definition) is 2. The van der Waals surface area contributed by atoms with Gasteiger partial charge in [-0.2, -0.15) is 0 Å². The topological polar surface area (TPSA) is 91.0 Å². The minimum absolute atomic E-state index is 0.0161. The van der Waals surface area contributed by atoms with Crippen LogP contribution in [0.25, 0.3) is 10.6 Å². The van der Waals surface area contributed by atoms with Gasteiger partial charge in [-0.1, -0.05) is 6.07 Å². The molecule has 0 saturated carbocycles. The lowest BCUT2D eigenvalue weighted by Crippen LogP contribution is -2.24. The molecule has 2 N–H and O–H groups in total. The Morgan fingerprint density at radius 2 is 2.11 bits per heavy atom. The molecule has 0 bridgehead atoms. The molecule has 0 aromatic carbocycles. The molecule has 102 valence electrons. The third kappa shape index (κ3) is 1.87. The highest BCUT2D eigenvalue weighted by atomic mass is 32.2. The summed E-state index contributed by atoms with van der Waals surface area (Å²) in [7, 11) is -3.46. The molecule has 8 heteroatoms. The minimum Gasteiger partial charge on any atom is -0.502 e. The van der Waals surface area contributed by atoms with E-state index in [0.717, 1.165) is 4.31 Å². The maximum atomic E-state index is 11.8. The van der Waals surface area contributed by atoms with Crippen molar-refractivity contribution in [2.75, 3.05) is 16.6 Å². The summed E-state index contributed by atoms with van der Waals surface area (Å²) in [4.78, 5) is 0.621. The summed E-state index contributed by atoms with van der Waals surface area (Å²) >= 11 is 1.32. The molecule has 19 heavy (non-hydrogen) atoms. The molecule has 3 rings (SSSR count). The van der Waals surface area contributed by atoms with Crippen molar-refractivity contribution in [1.82, 2.24) is 0 Å². The quantitative estimate of drug-likeness (QED) is 0.884. The van der Waals surface area contributed by atoms with Gasteiger partial charge in [0, 0.05) is 6.54 Å². The molecule has 3 heterocycles. The highest BCUT2D eigenvalue weighted by Gasteiger charge is 2.35. The molecule has 0 unspecified atom stereocenters. The Morgan fingerprint density at radius 3 is 2.68 bits per heavy atom. The molecular weight excluding hydrogens is 290 g/mol. The zero-order valence-electron chi connectivity index (χ0n) is 9.74. The standard InChI is InChI=1S/C11H11NO5S2/c13-8-9(14)11(12-4-2-6-19(12,15)16)17-10(8)7-3-1-5-18-7/h1,3,5,13-14H,2,4,6H2. The van der Waals surface area contributed by atoms with Gasteiger partial charge in [0.05, 0.1) is 10.6 Å². The maximum Gasteiger partial charge on any atom is 0.256 e. The third-order valence-electron chi connectivity index (χ3n) is 2.91. The molecule has 0 amide bonds. The maximum absolute atomic E-state index is 11.8. The van der Waals surface area contributed by atoms with Crippen molar-refractivity contribution in [3.05, 3.63) is 17.5 Å². The molecule has 0 radical (unpaired) electrons. The van der Waals surface area contributed by atoms with Gasteiger partial charge >= 0.3 is 0 Å². The van der Waals surface area contributed by atoms with Crippen LogP contribution >= 0.6 is 11.3 Å². The Balaban J connectivity index is 2.12. The van der Waals surface area contributed by atoms with Crippen LogP contribution in [0.3, 0.4) is 0 Å². The first-order valence-electron chi connectivity index (χ1n) is 5.60. The molecule has 1 fully saturated rings. The number of nitrogens with zero attached hydrogens (tertiary/aromatic N) is 1. The number of rotatable bonds is 2. The average Bonchev–Trinajstić information content (AvgIpc) is 3.03. The molecule has 2 aromatic heterocycles. The summed E-state index contributed by atoms with van der Waals surface area (Å²) in [6, 6.07) is 3.48. The predicted octanol–water partition coefficient (Wildman–Crippen LogP) is 1.96. The van der Waals surface area contributed by atoms with E-state index in [0.29, 0.717) is 11.3 Å². The first-order chi connectivity index (χ1) is 9.00. The van der Waals surface area contributed by atoms with Gasteiger partial charge < -0.3 is 14.6 Å². The smallest absolute Gasteiger partial charge is 0.256 e. The van der Waals surface area contributed by atoms with E-state index in [1.807, 2.05) is 0 Å². The second-order valence-electron chi connectivity index (χ2n) is 4.15. The SMILES string of the molecule is O=S1(=O)CCCN1c1oc(-c2cccs2)c(O)c1O. The number of hydrogen-bond acceptors (Lipinski definition) is 6. The number of thiophene rings is 1. The number of anilines is 1. The first-order valence-corrected chi connectivity index (χ1v) is 8.08. The Labute approximate surface area is 113 Å². The Bertz CT molecular complexity index is 702. The van der Waals surface area contributed by atoms with Gasteiger partial charge in [-0.15, -0.1) is 11.3 Å². The molecule has 6 nitrogen and oxygen atoms in total. The number of furan rings is 1. The average molecular weight is 301 g/mol. The van der Waals surface area contributed by atoms with Crippen molar-refractivity contribution < 1.29 is 23.0 Å². The van der Waals surface area contributed by atoms with Crippen molar-refractivity contribution in [3.63, 3.8) is 0 Å². The second kappa shape index (κ2) is 4.17. The van der Waals surface area contributed by atoms with E-state index in [-0.39, 0.29) is 23.9 Å². The van der Waals surface area contributed by atoms with Crippen molar-refractivity contribution in [3.8, 4) is 22.1 Å². The zero-order valence-corrected chi connectivity index (χ0v) is 11.4. The van der Waals surface area contributed by atoms with Crippen LogP contribution in [0.2, 0.25) is 0 Å². The molecule has 0 aliphatic carbocycles. The monoisotopic (exact) mass is 301 g/mol. The van der Waals surface area contributed by atoms with Crippen LogP contribution in [0, 0.1) is 0 Å². The van der Waals surface area contributed by atoms with Crippen molar-refractivity contribution in [1.29, 1.82) is 0 Å². The highest BCUT2D eigenvalue weighted by Crippen LogP contribution is 2.49. The largest absolute Gasteiger partial charge is 0.502 e. The lowest BCUT2D eigenvalue weighted by Gasteiger charge is -2.12. The Morgan fingerprint density at radius 1 is 1.32 bits per heavy atom. The van der Waals surface area contributed by atoms with Crippen LogP contribution in [-0.2, 0) is 10.0 Å². The summed E-state index contributed by atoms with van der Waals surface area (Å²) in [6.07, 6.45) is 0.470. The first kappa shape index (κ1) is 12.4. The molecule has 1 saturated heterocycles. The predicted molar refractivity (Wildman–Crippen MR) is 71.1 cm³/mol.